The highest BCUT2D eigenvalue weighted by Gasteiger charge is 2.17. The lowest BCUT2D eigenvalue weighted by atomic mass is 10.3. The number of nitrogens with one attached hydrogen (secondary N) is 1. The minimum Gasteiger partial charge on any atom is -0.491 e. The highest BCUT2D eigenvalue weighted by Crippen LogP contribution is 2.27. The van der Waals surface area contributed by atoms with Crippen molar-refractivity contribution >= 4 is 33.4 Å². The second-order valence-corrected chi connectivity index (χ2v) is 6.58. The summed E-state index contributed by atoms with van der Waals surface area (Å²) in [6.45, 7) is 4.97. The molecule has 0 unspecified atom stereocenters. The first kappa shape index (κ1) is 17.5. The van der Waals surface area contributed by atoms with E-state index in [4.69, 9.17) is 16.3 Å². The second-order valence-electron chi connectivity index (χ2n) is 5.29. The van der Waals surface area contributed by atoms with Gasteiger partial charge in [-0.2, -0.15) is 0 Å². The smallest absolute Gasteiger partial charge is 0.236 e. The topological polar surface area (TPSA) is 44.8 Å². The number of benzene rings is 1. The lowest BCUT2D eigenvalue weighted by Gasteiger charge is -2.29. The van der Waals surface area contributed by atoms with Crippen molar-refractivity contribution in [1.82, 2.24) is 15.1 Å². The first-order valence-corrected chi connectivity index (χ1v) is 8.48. The van der Waals surface area contributed by atoms with Crippen molar-refractivity contribution < 1.29 is 9.53 Å². The maximum absolute atomic E-state index is 12.1. The molecule has 0 aliphatic carbocycles. The van der Waals surface area contributed by atoms with Gasteiger partial charge in [0.25, 0.3) is 0 Å². The van der Waals surface area contributed by atoms with Crippen molar-refractivity contribution in [1.29, 1.82) is 0 Å². The SMILES string of the molecule is CN(CCOc1ccc(Cl)cc1Br)CC(=O)N1CCNCC1. The molecule has 2 rings (SSSR count). The van der Waals surface area contributed by atoms with Crippen LogP contribution in [0.2, 0.25) is 5.02 Å². The Balaban J connectivity index is 1.70. The van der Waals surface area contributed by atoms with E-state index in [2.05, 4.69) is 21.2 Å². The van der Waals surface area contributed by atoms with Gasteiger partial charge in [0, 0.05) is 37.7 Å². The van der Waals surface area contributed by atoms with Gasteiger partial charge in [0.2, 0.25) is 5.91 Å². The minimum atomic E-state index is 0.177. The molecule has 1 heterocycles. The van der Waals surface area contributed by atoms with Crippen LogP contribution in [0.25, 0.3) is 0 Å². The van der Waals surface area contributed by atoms with Crippen molar-refractivity contribution in [2.24, 2.45) is 0 Å². The summed E-state index contributed by atoms with van der Waals surface area (Å²) in [7, 11) is 1.93. The van der Waals surface area contributed by atoms with Gasteiger partial charge in [-0.1, -0.05) is 11.6 Å². The predicted molar refractivity (Wildman–Crippen MR) is 91.6 cm³/mol. The number of piperazine rings is 1. The number of carbonyl (C=O) groups excluding carboxylic acids is 1. The summed E-state index contributed by atoms with van der Waals surface area (Å²) in [5.74, 6) is 0.933. The Bertz CT molecular complexity index is 510. The molecular weight excluding hydrogens is 370 g/mol. The fourth-order valence-corrected chi connectivity index (χ4v) is 3.03. The van der Waals surface area contributed by atoms with Gasteiger partial charge < -0.3 is 15.0 Å². The van der Waals surface area contributed by atoms with E-state index in [0.717, 1.165) is 36.4 Å². The summed E-state index contributed by atoms with van der Waals surface area (Å²) in [4.78, 5) is 16.0. The molecule has 0 atom stereocenters. The molecule has 0 spiro atoms. The van der Waals surface area contributed by atoms with Crippen molar-refractivity contribution in [2.75, 3.05) is 52.9 Å². The molecule has 1 saturated heterocycles. The fourth-order valence-electron chi connectivity index (χ4n) is 2.23. The predicted octanol–water partition coefficient (Wildman–Crippen LogP) is 1.84. The molecular formula is C15H21BrClN3O2. The van der Waals surface area contributed by atoms with Gasteiger partial charge in [0.15, 0.2) is 0 Å². The summed E-state index contributed by atoms with van der Waals surface area (Å²) in [5.41, 5.74) is 0. The molecule has 0 saturated carbocycles. The van der Waals surface area contributed by atoms with Crippen LogP contribution < -0.4 is 10.1 Å². The van der Waals surface area contributed by atoms with Gasteiger partial charge >= 0.3 is 0 Å². The van der Waals surface area contributed by atoms with Gasteiger partial charge in [-0.15, -0.1) is 0 Å². The molecule has 1 aromatic carbocycles. The van der Waals surface area contributed by atoms with Crippen LogP contribution in [0.1, 0.15) is 0 Å². The first-order valence-electron chi connectivity index (χ1n) is 7.31. The Labute approximate surface area is 144 Å². The van der Waals surface area contributed by atoms with Crippen LogP contribution in [0, 0.1) is 0 Å². The molecule has 1 aliphatic heterocycles. The first-order chi connectivity index (χ1) is 10.6. The van der Waals surface area contributed by atoms with E-state index in [9.17, 15) is 4.79 Å². The van der Waals surface area contributed by atoms with Crippen molar-refractivity contribution in [2.45, 2.75) is 0 Å². The van der Waals surface area contributed by atoms with E-state index in [1.807, 2.05) is 22.9 Å². The zero-order chi connectivity index (χ0) is 15.9. The Morgan fingerprint density at radius 3 is 2.86 bits per heavy atom. The lowest BCUT2D eigenvalue weighted by molar-refractivity contribution is -0.132. The molecule has 1 fully saturated rings. The summed E-state index contributed by atoms with van der Waals surface area (Å²) in [6.07, 6.45) is 0. The molecule has 1 amide bonds. The minimum absolute atomic E-state index is 0.177. The molecule has 22 heavy (non-hydrogen) atoms. The highest BCUT2D eigenvalue weighted by atomic mass is 79.9. The number of hydrogen-bond donors (Lipinski definition) is 1. The molecule has 1 aliphatic rings. The molecule has 0 bridgehead atoms. The maximum atomic E-state index is 12.1. The molecule has 1 aromatic rings. The Kier molecular flexibility index (Phi) is 6.95. The summed E-state index contributed by atoms with van der Waals surface area (Å²) < 4.78 is 6.54. The summed E-state index contributed by atoms with van der Waals surface area (Å²) >= 11 is 9.31. The van der Waals surface area contributed by atoms with Crippen LogP contribution in [0.5, 0.6) is 5.75 Å². The number of carbonyl (C=O) groups is 1. The number of likely N-dealkylation sites (N-methyl/N-ethyl adjacent to an activating group) is 1. The van der Waals surface area contributed by atoms with Crippen LogP contribution in [0.15, 0.2) is 22.7 Å². The van der Waals surface area contributed by atoms with E-state index in [1.54, 1.807) is 12.1 Å². The largest absolute Gasteiger partial charge is 0.491 e. The highest BCUT2D eigenvalue weighted by molar-refractivity contribution is 9.10. The third-order valence-electron chi connectivity index (χ3n) is 3.50. The van der Waals surface area contributed by atoms with Crippen molar-refractivity contribution in [3.05, 3.63) is 27.7 Å². The van der Waals surface area contributed by atoms with E-state index in [0.29, 0.717) is 24.7 Å². The molecule has 122 valence electrons. The number of amides is 1. The average molecular weight is 391 g/mol. The Hall–Kier alpha value is -0.820. The normalized spacial score (nSPS) is 15.2. The summed E-state index contributed by atoms with van der Waals surface area (Å²) in [6, 6.07) is 5.42. The third kappa shape index (κ3) is 5.43. The Morgan fingerprint density at radius 1 is 1.45 bits per heavy atom. The molecule has 5 nitrogen and oxygen atoms in total. The van der Waals surface area contributed by atoms with Crippen LogP contribution >= 0.6 is 27.5 Å². The fraction of sp³-hybridized carbons (Fsp3) is 0.533. The van der Waals surface area contributed by atoms with Gasteiger partial charge in [-0.3, -0.25) is 9.69 Å². The quantitative estimate of drug-likeness (QED) is 0.805. The second kappa shape index (κ2) is 8.72. The Morgan fingerprint density at radius 2 is 2.18 bits per heavy atom. The summed E-state index contributed by atoms with van der Waals surface area (Å²) in [5, 5.41) is 3.91. The zero-order valence-electron chi connectivity index (χ0n) is 12.6. The maximum Gasteiger partial charge on any atom is 0.236 e. The lowest BCUT2D eigenvalue weighted by Crippen LogP contribution is -2.49. The van der Waals surface area contributed by atoms with Crippen LogP contribution in [-0.2, 0) is 4.79 Å². The number of nitrogens with zero attached hydrogens (tertiary/aromatic N) is 2. The van der Waals surface area contributed by atoms with Crippen molar-refractivity contribution in [3.63, 3.8) is 0 Å². The molecule has 0 aromatic heterocycles. The average Bonchev–Trinajstić information content (AvgIpc) is 2.50. The van der Waals surface area contributed by atoms with Gasteiger partial charge in [0.1, 0.15) is 12.4 Å². The number of rotatable bonds is 6. The van der Waals surface area contributed by atoms with Gasteiger partial charge in [-0.25, -0.2) is 0 Å². The van der Waals surface area contributed by atoms with Crippen LogP contribution in [-0.4, -0.2) is 68.6 Å². The van der Waals surface area contributed by atoms with Gasteiger partial charge in [-0.05, 0) is 41.2 Å². The number of ether oxygens (including phenoxy) is 1. The standard InChI is InChI=1S/C15H21BrClN3O2/c1-19(11-15(21)20-6-4-18-5-7-20)8-9-22-14-3-2-12(17)10-13(14)16/h2-3,10,18H,4-9,11H2,1H3. The van der Waals surface area contributed by atoms with E-state index < -0.39 is 0 Å². The number of hydrogen-bond acceptors (Lipinski definition) is 4. The molecule has 0 radical (unpaired) electrons. The van der Waals surface area contributed by atoms with E-state index in [-0.39, 0.29) is 5.91 Å². The number of halogens is 2. The van der Waals surface area contributed by atoms with Crippen LogP contribution in [0.3, 0.4) is 0 Å². The van der Waals surface area contributed by atoms with E-state index in [1.165, 1.54) is 0 Å². The third-order valence-corrected chi connectivity index (χ3v) is 4.35. The van der Waals surface area contributed by atoms with Crippen molar-refractivity contribution in [3.8, 4) is 5.75 Å². The zero-order valence-corrected chi connectivity index (χ0v) is 15.0. The van der Waals surface area contributed by atoms with Crippen LogP contribution in [0.4, 0.5) is 0 Å². The monoisotopic (exact) mass is 389 g/mol. The molecule has 7 heteroatoms. The van der Waals surface area contributed by atoms with E-state index >= 15 is 0 Å². The van der Waals surface area contributed by atoms with Gasteiger partial charge in [0.05, 0.1) is 11.0 Å². The molecule has 1 N–H and O–H groups in total.